The van der Waals surface area contributed by atoms with Crippen molar-refractivity contribution in [1.29, 1.82) is 0 Å². The van der Waals surface area contributed by atoms with E-state index in [0.717, 1.165) is 30.4 Å². The van der Waals surface area contributed by atoms with Gasteiger partial charge in [-0.15, -0.1) is 0 Å². The quantitative estimate of drug-likeness (QED) is 0.812. The molecular formula is C15H30N2O. The summed E-state index contributed by atoms with van der Waals surface area (Å²) >= 11 is 0. The Morgan fingerprint density at radius 1 is 1.28 bits per heavy atom. The molecule has 3 nitrogen and oxygen atoms in total. The Hall–Kier alpha value is -0.120. The third-order valence-electron chi connectivity index (χ3n) is 4.88. The number of hydrogen-bond acceptors (Lipinski definition) is 3. The predicted octanol–water partition coefficient (Wildman–Crippen LogP) is 1.98. The van der Waals surface area contributed by atoms with Gasteiger partial charge in [0.05, 0.1) is 6.61 Å². The summed E-state index contributed by atoms with van der Waals surface area (Å²) in [7, 11) is 3.95. The van der Waals surface area contributed by atoms with Gasteiger partial charge in [0, 0.05) is 26.2 Å². The zero-order valence-electron chi connectivity index (χ0n) is 12.3. The third kappa shape index (κ3) is 3.69. The standard InChI is InChI=1S/C15H30N2O/c1-12-4-5-15(16-2)14(8-12)10-17-7-6-13(9-17)11-18-3/h12-16H,4-11H2,1-3H3. The minimum Gasteiger partial charge on any atom is -0.384 e. The summed E-state index contributed by atoms with van der Waals surface area (Å²) in [6, 6.07) is 0.739. The fourth-order valence-corrected chi connectivity index (χ4v) is 3.86. The van der Waals surface area contributed by atoms with Gasteiger partial charge in [-0.3, -0.25) is 0 Å². The lowest BCUT2D eigenvalue weighted by Gasteiger charge is -2.37. The molecule has 4 unspecified atom stereocenters. The van der Waals surface area contributed by atoms with E-state index in [-0.39, 0.29) is 0 Å². The summed E-state index contributed by atoms with van der Waals surface area (Å²) < 4.78 is 5.28. The fourth-order valence-electron chi connectivity index (χ4n) is 3.86. The van der Waals surface area contributed by atoms with Crippen molar-refractivity contribution in [1.82, 2.24) is 10.2 Å². The Balaban J connectivity index is 1.80. The molecule has 2 aliphatic rings. The minimum absolute atomic E-state index is 0.739. The van der Waals surface area contributed by atoms with Gasteiger partial charge >= 0.3 is 0 Å². The first-order valence-electron chi connectivity index (χ1n) is 7.61. The monoisotopic (exact) mass is 254 g/mol. The molecule has 0 radical (unpaired) electrons. The highest BCUT2D eigenvalue weighted by molar-refractivity contribution is 4.86. The van der Waals surface area contributed by atoms with Crippen molar-refractivity contribution < 1.29 is 4.74 Å². The molecule has 1 heterocycles. The molecule has 0 amide bonds. The molecule has 1 aliphatic carbocycles. The number of rotatable bonds is 5. The van der Waals surface area contributed by atoms with Crippen LogP contribution >= 0.6 is 0 Å². The summed E-state index contributed by atoms with van der Waals surface area (Å²) in [5, 5.41) is 3.53. The summed E-state index contributed by atoms with van der Waals surface area (Å²) in [5.41, 5.74) is 0. The van der Waals surface area contributed by atoms with E-state index in [2.05, 4.69) is 24.2 Å². The Bertz CT molecular complexity index is 247. The van der Waals surface area contributed by atoms with Crippen molar-refractivity contribution >= 4 is 0 Å². The van der Waals surface area contributed by atoms with Crippen LogP contribution in [-0.2, 0) is 4.74 Å². The largest absolute Gasteiger partial charge is 0.384 e. The topological polar surface area (TPSA) is 24.5 Å². The molecule has 1 saturated heterocycles. The SMILES string of the molecule is CNC1CCC(C)CC1CN1CCC(COC)C1. The van der Waals surface area contributed by atoms with E-state index >= 15 is 0 Å². The van der Waals surface area contributed by atoms with Crippen LogP contribution in [0.15, 0.2) is 0 Å². The fraction of sp³-hybridized carbons (Fsp3) is 1.00. The van der Waals surface area contributed by atoms with Crippen LogP contribution in [0.2, 0.25) is 0 Å². The van der Waals surface area contributed by atoms with Crippen LogP contribution in [0.3, 0.4) is 0 Å². The van der Waals surface area contributed by atoms with E-state index in [1.807, 2.05) is 7.11 Å². The Morgan fingerprint density at radius 2 is 2.11 bits per heavy atom. The second kappa shape index (κ2) is 6.88. The maximum Gasteiger partial charge on any atom is 0.0503 e. The number of likely N-dealkylation sites (tertiary alicyclic amines) is 1. The zero-order valence-corrected chi connectivity index (χ0v) is 12.3. The molecule has 2 fully saturated rings. The van der Waals surface area contributed by atoms with E-state index in [9.17, 15) is 0 Å². The van der Waals surface area contributed by atoms with Crippen molar-refractivity contribution in [3.05, 3.63) is 0 Å². The second-order valence-corrected chi connectivity index (χ2v) is 6.44. The average Bonchev–Trinajstić information content (AvgIpc) is 2.77. The molecule has 2 rings (SSSR count). The van der Waals surface area contributed by atoms with Gasteiger partial charge in [0.1, 0.15) is 0 Å². The molecular weight excluding hydrogens is 224 g/mol. The Kier molecular flexibility index (Phi) is 5.46. The Morgan fingerprint density at radius 3 is 2.83 bits per heavy atom. The zero-order chi connectivity index (χ0) is 13.0. The van der Waals surface area contributed by atoms with Crippen LogP contribution in [0.4, 0.5) is 0 Å². The first-order valence-corrected chi connectivity index (χ1v) is 7.61. The number of nitrogens with zero attached hydrogens (tertiary/aromatic N) is 1. The number of ether oxygens (including phenoxy) is 1. The molecule has 1 aliphatic heterocycles. The third-order valence-corrected chi connectivity index (χ3v) is 4.88. The lowest BCUT2D eigenvalue weighted by Crippen LogP contribution is -2.44. The smallest absolute Gasteiger partial charge is 0.0503 e. The van der Waals surface area contributed by atoms with Crippen molar-refractivity contribution in [2.45, 2.75) is 38.6 Å². The van der Waals surface area contributed by atoms with Crippen molar-refractivity contribution in [3.63, 3.8) is 0 Å². The highest BCUT2D eigenvalue weighted by Gasteiger charge is 2.31. The van der Waals surface area contributed by atoms with Crippen LogP contribution in [0.1, 0.15) is 32.6 Å². The highest BCUT2D eigenvalue weighted by Crippen LogP contribution is 2.30. The van der Waals surface area contributed by atoms with Gasteiger partial charge in [-0.05, 0) is 57.0 Å². The minimum atomic E-state index is 0.739. The van der Waals surface area contributed by atoms with Gasteiger partial charge < -0.3 is 15.0 Å². The van der Waals surface area contributed by atoms with Gasteiger partial charge in [-0.2, -0.15) is 0 Å². The van der Waals surface area contributed by atoms with E-state index in [1.54, 1.807) is 0 Å². The van der Waals surface area contributed by atoms with Crippen LogP contribution in [0.5, 0.6) is 0 Å². The first kappa shape index (κ1) is 14.3. The average molecular weight is 254 g/mol. The highest BCUT2D eigenvalue weighted by atomic mass is 16.5. The van der Waals surface area contributed by atoms with Gasteiger partial charge in [0.15, 0.2) is 0 Å². The molecule has 0 bridgehead atoms. The second-order valence-electron chi connectivity index (χ2n) is 6.44. The van der Waals surface area contributed by atoms with E-state index in [0.29, 0.717) is 0 Å². The van der Waals surface area contributed by atoms with Crippen LogP contribution in [0.25, 0.3) is 0 Å². The van der Waals surface area contributed by atoms with Crippen LogP contribution < -0.4 is 5.32 Å². The lowest BCUT2D eigenvalue weighted by atomic mass is 9.78. The summed E-state index contributed by atoms with van der Waals surface area (Å²) in [5.74, 6) is 2.53. The maximum atomic E-state index is 5.28. The van der Waals surface area contributed by atoms with Gasteiger partial charge in [-0.25, -0.2) is 0 Å². The number of hydrogen-bond donors (Lipinski definition) is 1. The molecule has 1 saturated carbocycles. The van der Waals surface area contributed by atoms with E-state index in [4.69, 9.17) is 4.74 Å². The molecule has 0 aromatic heterocycles. The first-order chi connectivity index (χ1) is 8.72. The van der Waals surface area contributed by atoms with Gasteiger partial charge in [0.2, 0.25) is 0 Å². The molecule has 0 aromatic carbocycles. The molecule has 4 atom stereocenters. The van der Waals surface area contributed by atoms with Crippen LogP contribution in [-0.4, -0.2) is 51.3 Å². The van der Waals surface area contributed by atoms with E-state index < -0.39 is 0 Å². The van der Waals surface area contributed by atoms with Gasteiger partial charge in [0.25, 0.3) is 0 Å². The Labute approximate surface area is 112 Å². The molecule has 106 valence electrons. The number of methoxy groups -OCH3 is 1. The summed E-state index contributed by atoms with van der Waals surface area (Å²) in [6.07, 6.45) is 5.48. The molecule has 3 heteroatoms. The van der Waals surface area contributed by atoms with Crippen molar-refractivity contribution in [3.8, 4) is 0 Å². The van der Waals surface area contributed by atoms with Crippen LogP contribution in [0, 0.1) is 17.8 Å². The molecule has 0 spiro atoms. The number of nitrogens with one attached hydrogen (secondary N) is 1. The van der Waals surface area contributed by atoms with E-state index in [1.165, 1.54) is 45.3 Å². The predicted molar refractivity (Wildman–Crippen MR) is 75.8 cm³/mol. The van der Waals surface area contributed by atoms with Gasteiger partial charge in [-0.1, -0.05) is 6.92 Å². The van der Waals surface area contributed by atoms with Crippen molar-refractivity contribution in [2.75, 3.05) is 40.4 Å². The molecule has 18 heavy (non-hydrogen) atoms. The summed E-state index contributed by atoms with van der Waals surface area (Å²) in [4.78, 5) is 2.66. The normalized spacial score (nSPS) is 38.2. The lowest BCUT2D eigenvalue weighted by molar-refractivity contribution is 0.138. The maximum absolute atomic E-state index is 5.28. The molecule has 1 N–H and O–H groups in total. The van der Waals surface area contributed by atoms with Crippen molar-refractivity contribution in [2.24, 2.45) is 17.8 Å². The summed E-state index contributed by atoms with van der Waals surface area (Å²) in [6.45, 7) is 7.16. The molecule has 0 aromatic rings.